The van der Waals surface area contributed by atoms with Crippen molar-refractivity contribution in [3.63, 3.8) is 0 Å². The van der Waals surface area contributed by atoms with Gasteiger partial charge < -0.3 is 14.4 Å². The molecule has 0 aliphatic rings. The van der Waals surface area contributed by atoms with Crippen molar-refractivity contribution in [2.24, 2.45) is 0 Å². The van der Waals surface area contributed by atoms with E-state index >= 15 is 0 Å². The van der Waals surface area contributed by atoms with Crippen LogP contribution in [0.5, 0.6) is 5.75 Å². The Bertz CT molecular complexity index is 834. The van der Waals surface area contributed by atoms with Crippen LogP contribution in [0.1, 0.15) is 30.3 Å². The van der Waals surface area contributed by atoms with Gasteiger partial charge >= 0.3 is 0 Å². The summed E-state index contributed by atoms with van der Waals surface area (Å²) in [5, 5.41) is 10.5. The van der Waals surface area contributed by atoms with Gasteiger partial charge in [-0.3, -0.25) is 0 Å². The molecular formula is C21H26N2O2. The van der Waals surface area contributed by atoms with Gasteiger partial charge in [0, 0.05) is 6.42 Å². The summed E-state index contributed by atoms with van der Waals surface area (Å²) in [5.74, 6) is 1.89. The van der Waals surface area contributed by atoms with E-state index in [-0.39, 0.29) is 6.61 Å². The van der Waals surface area contributed by atoms with Gasteiger partial charge in [0.25, 0.3) is 0 Å². The second-order valence-electron chi connectivity index (χ2n) is 6.56. The first-order valence-corrected chi connectivity index (χ1v) is 8.91. The van der Waals surface area contributed by atoms with E-state index in [9.17, 15) is 5.11 Å². The van der Waals surface area contributed by atoms with Gasteiger partial charge in [-0.05, 0) is 43.5 Å². The number of aromatic nitrogens is 2. The number of ether oxygens (including phenoxy) is 1. The maximum atomic E-state index is 10.5. The Morgan fingerprint density at radius 1 is 1.08 bits per heavy atom. The third-order valence-corrected chi connectivity index (χ3v) is 4.43. The molecule has 132 valence electrons. The van der Waals surface area contributed by atoms with E-state index < -0.39 is 6.10 Å². The molecule has 1 atom stereocenters. The standard InChI is InChI=1S/C21H26N2O2/c1-4-8-20-22-18-11-5-6-12-19(18)23(20)13-17(24)14-25-21-15(2)9-7-10-16(21)3/h5-7,9-12,17,24H,4,8,13-14H2,1-3H3/t17-/m0/s1. The molecule has 25 heavy (non-hydrogen) atoms. The molecule has 0 saturated carbocycles. The molecule has 2 aromatic carbocycles. The van der Waals surface area contributed by atoms with Crippen LogP contribution in [0, 0.1) is 13.8 Å². The van der Waals surface area contributed by atoms with Gasteiger partial charge in [-0.1, -0.05) is 37.3 Å². The summed E-state index contributed by atoms with van der Waals surface area (Å²) < 4.78 is 8.03. The van der Waals surface area contributed by atoms with Crippen molar-refractivity contribution in [1.29, 1.82) is 0 Å². The lowest BCUT2D eigenvalue weighted by Gasteiger charge is -2.17. The van der Waals surface area contributed by atoms with Gasteiger partial charge in [0.1, 0.15) is 24.3 Å². The Balaban J connectivity index is 1.75. The first-order valence-electron chi connectivity index (χ1n) is 8.91. The third kappa shape index (κ3) is 3.85. The quantitative estimate of drug-likeness (QED) is 0.707. The van der Waals surface area contributed by atoms with Gasteiger partial charge in [-0.25, -0.2) is 4.98 Å². The SMILES string of the molecule is CCCc1nc2ccccc2n1C[C@H](O)COc1c(C)cccc1C. The van der Waals surface area contributed by atoms with E-state index in [2.05, 4.69) is 17.6 Å². The smallest absolute Gasteiger partial charge is 0.125 e. The summed E-state index contributed by atoms with van der Waals surface area (Å²) >= 11 is 0. The van der Waals surface area contributed by atoms with E-state index in [4.69, 9.17) is 9.72 Å². The van der Waals surface area contributed by atoms with Gasteiger partial charge in [0.05, 0.1) is 17.6 Å². The highest BCUT2D eigenvalue weighted by molar-refractivity contribution is 5.75. The lowest BCUT2D eigenvalue weighted by Crippen LogP contribution is -2.25. The zero-order valence-electron chi connectivity index (χ0n) is 15.2. The number of para-hydroxylation sites is 3. The predicted molar refractivity (Wildman–Crippen MR) is 101 cm³/mol. The number of aryl methyl sites for hydroxylation is 3. The van der Waals surface area contributed by atoms with Crippen LogP contribution in [0.15, 0.2) is 42.5 Å². The molecule has 0 unspecified atom stereocenters. The minimum Gasteiger partial charge on any atom is -0.490 e. The molecule has 0 amide bonds. The summed E-state index contributed by atoms with van der Waals surface area (Å²) in [5.41, 5.74) is 4.23. The van der Waals surface area contributed by atoms with E-state index in [0.717, 1.165) is 46.6 Å². The average molecular weight is 338 g/mol. The summed E-state index contributed by atoms with van der Waals surface area (Å²) in [6, 6.07) is 14.1. The molecule has 3 rings (SSSR count). The average Bonchev–Trinajstić information content (AvgIpc) is 2.92. The Labute approximate surface area is 149 Å². The van der Waals surface area contributed by atoms with Crippen LogP contribution in [0.2, 0.25) is 0 Å². The van der Waals surface area contributed by atoms with Crippen LogP contribution in [-0.4, -0.2) is 27.4 Å². The van der Waals surface area contributed by atoms with Crippen molar-refractivity contribution in [1.82, 2.24) is 9.55 Å². The fraction of sp³-hybridized carbons (Fsp3) is 0.381. The maximum absolute atomic E-state index is 10.5. The first-order chi connectivity index (χ1) is 12.1. The maximum Gasteiger partial charge on any atom is 0.125 e. The Hall–Kier alpha value is -2.33. The number of nitrogens with zero attached hydrogens (tertiary/aromatic N) is 2. The molecule has 1 heterocycles. The van der Waals surface area contributed by atoms with Gasteiger partial charge in [0.2, 0.25) is 0 Å². The molecule has 0 spiro atoms. The topological polar surface area (TPSA) is 47.3 Å². The third-order valence-electron chi connectivity index (χ3n) is 4.43. The number of fused-ring (bicyclic) bond motifs is 1. The second-order valence-corrected chi connectivity index (χ2v) is 6.56. The van der Waals surface area contributed by atoms with Gasteiger partial charge in [-0.15, -0.1) is 0 Å². The molecule has 0 radical (unpaired) electrons. The van der Waals surface area contributed by atoms with Crippen molar-refractivity contribution >= 4 is 11.0 Å². The fourth-order valence-electron chi connectivity index (χ4n) is 3.21. The number of aliphatic hydroxyl groups excluding tert-OH is 1. The second kappa shape index (κ2) is 7.70. The van der Waals surface area contributed by atoms with E-state index in [1.165, 1.54) is 0 Å². The molecule has 4 heteroatoms. The Morgan fingerprint density at radius 3 is 2.52 bits per heavy atom. The summed E-state index contributed by atoms with van der Waals surface area (Å²) in [4.78, 5) is 4.71. The molecular weight excluding hydrogens is 312 g/mol. The Kier molecular flexibility index (Phi) is 5.39. The lowest BCUT2D eigenvalue weighted by atomic mass is 10.1. The van der Waals surface area contributed by atoms with Crippen molar-refractivity contribution in [2.75, 3.05) is 6.61 Å². The highest BCUT2D eigenvalue weighted by atomic mass is 16.5. The summed E-state index contributed by atoms with van der Waals surface area (Å²) in [7, 11) is 0. The largest absolute Gasteiger partial charge is 0.490 e. The highest BCUT2D eigenvalue weighted by Crippen LogP contribution is 2.23. The number of rotatable bonds is 7. The van der Waals surface area contributed by atoms with Crippen LogP contribution in [0.25, 0.3) is 11.0 Å². The number of benzene rings is 2. The minimum absolute atomic E-state index is 0.268. The number of imidazole rings is 1. The van der Waals surface area contributed by atoms with E-state index in [0.29, 0.717) is 6.54 Å². The van der Waals surface area contributed by atoms with Crippen molar-refractivity contribution in [3.8, 4) is 5.75 Å². The molecule has 0 fully saturated rings. The fourth-order valence-corrected chi connectivity index (χ4v) is 3.21. The van der Waals surface area contributed by atoms with E-state index in [1.807, 2.05) is 50.2 Å². The molecule has 4 nitrogen and oxygen atoms in total. The van der Waals surface area contributed by atoms with Crippen molar-refractivity contribution in [2.45, 2.75) is 46.3 Å². The molecule has 0 bridgehead atoms. The number of hydrogen-bond acceptors (Lipinski definition) is 3. The summed E-state index contributed by atoms with van der Waals surface area (Å²) in [6.45, 7) is 6.95. The van der Waals surface area contributed by atoms with Gasteiger partial charge in [0.15, 0.2) is 0 Å². The van der Waals surface area contributed by atoms with Gasteiger partial charge in [-0.2, -0.15) is 0 Å². The molecule has 1 aromatic heterocycles. The van der Waals surface area contributed by atoms with Crippen LogP contribution < -0.4 is 4.74 Å². The minimum atomic E-state index is -0.591. The van der Waals surface area contributed by atoms with Crippen LogP contribution in [0.4, 0.5) is 0 Å². The van der Waals surface area contributed by atoms with Crippen molar-refractivity contribution < 1.29 is 9.84 Å². The highest BCUT2D eigenvalue weighted by Gasteiger charge is 2.15. The molecule has 3 aromatic rings. The monoisotopic (exact) mass is 338 g/mol. The number of hydrogen-bond donors (Lipinski definition) is 1. The molecule has 0 aliphatic heterocycles. The zero-order valence-corrected chi connectivity index (χ0v) is 15.2. The predicted octanol–water partition coefficient (Wildman–Crippen LogP) is 4.05. The lowest BCUT2D eigenvalue weighted by molar-refractivity contribution is 0.0920. The van der Waals surface area contributed by atoms with Crippen molar-refractivity contribution in [3.05, 3.63) is 59.4 Å². The number of aliphatic hydroxyl groups is 1. The van der Waals surface area contributed by atoms with Crippen LogP contribution in [-0.2, 0) is 13.0 Å². The van der Waals surface area contributed by atoms with E-state index in [1.54, 1.807) is 0 Å². The Morgan fingerprint density at radius 2 is 1.80 bits per heavy atom. The van der Waals surface area contributed by atoms with Crippen LogP contribution >= 0.6 is 0 Å². The zero-order chi connectivity index (χ0) is 17.8. The first kappa shape index (κ1) is 17.5. The molecule has 1 N–H and O–H groups in total. The molecule has 0 saturated heterocycles. The van der Waals surface area contributed by atoms with Crippen LogP contribution in [0.3, 0.4) is 0 Å². The summed E-state index contributed by atoms with van der Waals surface area (Å²) in [6.07, 6.45) is 1.34. The molecule has 0 aliphatic carbocycles. The normalized spacial score (nSPS) is 12.5.